The number of ether oxygens (including phenoxy) is 1. The molecule has 0 bridgehead atoms. The molecule has 0 unspecified atom stereocenters. The van der Waals surface area contributed by atoms with Crippen LogP contribution in [0.25, 0.3) is 5.70 Å². The summed E-state index contributed by atoms with van der Waals surface area (Å²) in [6, 6.07) is 24.0. The molecule has 2 N–H and O–H groups in total. The summed E-state index contributed by atoms with van der Waals surface area (Å²) < 4.78 is 7.31. The zero-order chi connectivity index (χ0) is 24.4. The number of benzene rings is 3. The lowest BCUT2D eigenvalue weighted by molar-refractivity contribution is 0.102. The van der Waals surface area contributed by atoms with Gasteiger partial charge in [-0.2, -0.15) is 5.10 Å². The highest BCUT2D eigenvalue weighted by molar-refractivity contribution is 6.08. The van der Waals surface area contributed by atoms with Crippen molar-refractivity contribution in [1.29, 1.82) is 0 Å². The molecule has 0 saturated heterocycles. The first-order valence-electron chi connectivity index (χ1n) is 11.7. The molecule has 0 saturated carbocycles. The van der Waals surface area contributed by atoms with Crippen molar-refractivity contribution in [2.75, 3.05) is 17.7 Å². The lowest BCUT2D eigenvalue weighted by Gasteiger charge is -2.26. The number of methoxy groups -OCH3 is 1. The van der Waals surface area contributed by atoms with Gasteiger partial charge < -0.3 is 15.4 Å². The van der Waals surface area contributed by atoms with E-state index in [1.54, 1.807) is 13.3 Å². The number of nitrogens with one attached hydrogen (secondary N) is 2. The average Bonchev–Trinajstić information content (AvgIpc) is 3.34. The van der Waals surface area contributed by atoms with Crippen LogP contribution in [0.4, 0.5) is 11.5 Å². The fraction of sp³-hybridized carbons (Fsp3) is 0.172. The summed E-state index contributed by atoms with van der Waals surface area (Å²) in [6.07, 6.45) is 4.74. The Morgan fingerprint density at radius 3 is 2.57 bits per heavy atom. The molecule has 0 aliphatic carbocycles. The molecule has 35 heavy (non-hydrogen) atoms. The molecule has 1 amide bonds. The monoisotopic (exact) mass is 464 g/mol. The molecule has 6 nitrogen and oxygen atoms in total. The van der Waals surface area contributed by atoms with E-state index < -0.39 is 0 Å². The Hall–Kier alpha value is -4.32. The van der Waals surface area contributed by atoms with E-state index in [9.17, 15) is 4.79 Å². The summed E-state index contributed by atoms with van der Waals surface area (Å²) in [5, 5.41) is 11.1. The third kappa shape index (κ3) is 4.55. The molecule has 0 fully saturated rings. The first kappa shape index (κ1) is 22.5. The van der Waals surface area contributed by atoms with Crippen LogP contribution >= 0.6 is 0 Å². The van der Waals surface area contributed by atoms with E-state index in [-0.39, 0.29) is 11.9 Å². The van der Waals surface area contributed by atoms with E-state index in [2.05, 4.69) is 53.0 Å². The van der Waals surface area contributed by atoms with E-state index >= 15 is 0 Å². The normalized spacial score (nSPS) is 14.5. The highest BCUT2D eigenvalue weighted by atomic mass is 16.5. The summed E-state index contributed by atoms with van der Waals surface area (Å²) >= 11 is 0. The largest absolute Gasteiger partial charge is 0.497 e. The smallest absolute Gasteiger partial charge is 0.261 e. The van der Waals surface area contributed by atoms with Gasteiger partial charge in [-0.15, -0.1) is 0 Å². The number of aryl methyl sites for hydroxylation is 2. The molecule has 2 heterocycles. The van der Waals surface area contributed by atoms with Crippen molar-refractivity contribution in [2.45, 2.75) is 26.3 Å². The SMILES string of the molecule is CCc1ccc(C2=C[C@@H](c3cccc(OC)c3)n3ncc(C(=O)Nc4ccc(C)cc4)c3N2)cc1. The summed E-state index contributed by atoms with van der Waals surface area (Å²) in [7, 11) is 1.66. The van der Waals surface area contributed by atoms with Crippen molar-refractivity contribution >= 4 is 23.1 Å². The second kappa shape index (κ2) is 9.50. The average molecular weight is 465 g/mol. The van der Waals surface area contributed by atoms with Crippen LogP contribution in [0.3, 0.4) is 0 Å². The van der Waals surface area contributed by atoms with Gasteiger partial charge in [0.1, 0.15) is 17.1 Å². The fourth-order valence-electron chi connectivity index (χ4n) is 4.25. The number of fused-ring (bicyclic) bond motifs is 1. The minimum atomic E-state index is -0.213. The number of aromatic nitrogens is 2. The van der Waals surface area contributed by atoms with E-state index in [0.29, 0.717) is 11.4 Å². The van der Waals surface area contributed by atoms with Crippen LogP contribution in [-0.2, 0) is 6.42 Å². The molecule has 6 heteroatoms. The second-order valence-corrected chi connectivity index (χ2v) is 8.65. The Bertz CT molecular complexity index is 1390. The molecule has 4 aromatic rings. The third-order valence-electron chi connectivity index (χ3n) is 6.30. The highest BCUT2D eigenvalue weighted by Gasteiger charge is 2.28. The fourth-order valence-corrected chi connectivity index (χ4v) is 4.25. The van der Waals surface area contributed by atoms with Crippen LogP contribution in [0.1, 0.15) is 45.6 Å². The zero-order valence-electron chi connectivity index (χ0n) is 20.1. The number of allylic oxidation sites excluding steroid dienone is 1. The molecule has 1 aromatic heterocycles. The van der Waals surface area contributed by atoms with E-state index in [1.165, 1.54) is 5.56 Å². The van der Waals surface area contributed by atoms with Gasteiger partial charge in [0.25, 0.3) is 5.91 Å². The second-order valence-electron chi connectivity index (χ2n) is 8.65. The molecule has 5 rings (SSSR count). The van der Waals surface area contributed by atoms with Gasteiger partial charge in [-0.1, -0.05) is 61.0 Å². The predicted molar refractivity (Wildman–Crippen MR) is 140 cm³/mol. The number of nitrogens with zero attached hydrogens (tertiary/aromatic N) is 2. The van der Waals surface area contributed by atoms with E-state index in [1.807, 2.05) is 60.1 Å². The molecular weight excluding hydrogens is 436 g/mol. The maximum absolute atomic E-state index is 13.3. The number of hydrogen-bond donors (Lipinski definition) is 2. The molecule has 1 aliphatic heterocycles. The molecule has 3 aromatic carbocycles. The van der Waals surface area contributed by atoms with Crippen LogP contribution in [0.5, 0.6) is 5.75 Å². The lowest BCUT2D eigenvalue weighted by atomic mass is 10.00. The Morgan fingerprint density at radius 1 is 1.09 bits per heavy atom. The van der Waals surface area contributed by atoms with Crippen LogP contribution in [0.2, 0.25) is 0 Å². The van der Waals surface area contributed by atoms with E-state index in [0.717, 1.165) is 40.2 Å². The van der Waals surface area contributed by atoms with Gasteiger partial charge >= 0.3 is 0 Å². The van der Waals surface area contributed by atoms with Crippen LogP contribution < -0.4 is 15.4 Å². The number of hydrogen-bond acceptors (Lipinski definition) is 4. The topological polar surface area (TPSA) is 68.2 Å². The first-order valence-corrected chi connectivity index (χ1v) is 11.7. The van der Waals surface area contributed by atoms with Gasteiger partial charge in [0.15, 0.2) is 0 Å². The standard InChI is InChI=1S/C29H28N4O2/c1-4-20-10-12-21(13-11-20)26-17-27(22-6-5-7-24(16-22)35-3)33-28(32-26)25(18-30-33)29(34)31-23-14-8-19(2)9-15-23/h5-18,27,32H,4H2,1-3H3,(H,31,34)/t27-/m0/s1. The maximum Gasteiger partial charge on any atom is 0.261 e. The molecule has 1 aliphatic rings. The Morgan fingerprint density at radius 2 is 1.86 bits per heavy atom. The van der Waals surface area contributed by atoms with Crippen molar-refractivity contribution < 1.29 is 9.53 Å². The van der Waals surface area contributed by atoms with Crippen molar-refractivity contribution in [1.82, 2.24) is 9.78 Å². The molecule has 0 radical (unpaired) electrons. The number of carbonyl (C=O) groups is 1. The maximum atomic E-state index is 13.3. The van der Waals surface area contributed by atoms with Gasteiger partial charge in [-0.05, 0) is 60.4 Å². The Labute approximate surface area is 205 Å². The van der Waals surface area contributed by atoms with E-state index in [4.69, 9.17) is 4.74 Å². The highest BCUT2D eigenvalue weighted by Crippen LogP contribution is 2.36. The Balaban J connectivity index is 1.55. The summed E-state index contributed by atoms with van der Waals surface area (Å²) in [4.78, 5) is 13.3. The number of anilines is 2. The summed E-state index contributed by atoms with van der Waals surface area (Å²) in [5.41, 5.74) is 6.63. The minimum absolute atomic E-state index is 0.205. The third-order valence-corrected chi connectivity index (χ3v) is 6.30. The van der Waals surface area contributed by atoms with Gasteiger partial charge in [0.2, 0.25) is 0 Å². The van der Waals surface area contributed by atoms with Crippen LogP contribution in [0, 0.1) is 6.92 Å². The first-order chi connectivity index (χ1) is 17.1. The van der Waals surface area contributed by atoms with Gasteiger partial charge in [-0.3, -0.25) is 4.79 Å². The molecule has 176 valence electrons. The quantitative estimate of drug-likeness (QED) is 0.363. The van der Waals surface area contributed by atoms with Gasteiger partial charge in [0, 0.05) is 11.4 Å². The molecular formula is C29H28N4O2. The number of amides is 1. The molecule has 0 spiro atoms. The van der Waals surface area contributed by atoms with Crippen LogP contribution in [0.15, 0.2) is 85.1 Å². The lowest BCUT2D eigenvalue weighted by Crippen LogP contribution is -2.22. The number of carbonyl (C=O) groups excluding carboxylic acids is 1. The number of rotatable bonds is 6. The summed E-state index contributed by atoms with van der Waals surface area (Å²) in [6.45, 7) is 4.16. The van der Waals surface area contributed by atoms with Crippen molar-refractivity contribution in [3.05, 3.63) is 113 Å². The molecule has 1 atom stereocenters. The van der Waals surface area contributed by atoms with Gasteiger partial charge in [0.05, 0.1) is 19.3 Å². The van der Waals surface area contributed by atoms with Crippen molar-refractivity contribution in [2.24, 2.45) is 0 Å². The van der Waals surface area contributed by atoms with Crippen LogP contribution in [-0.4, -0.2) is 22.8 Å². The van der Waals surface area contributed by atoms with Crippen molar-refractivity contribution in [3.8, 4) is 5.75 Å². The predicted octanol–water partition coefficient (Wildman–Crippen LogP) is 6.07. The Kier molecular flexibility index (Phi) is 6.10. The summed E-state index contributed by atoms with van der Waals surface area (Å²) in [5.74, 6) is 1.21. The zero-order valence-corrected chi connectivity index (χ0v) is 20.1. The minimum Gasteiger partial charge on any atom is -0.497 e. The van der Waals surface area contributed by atoms with Crippen molar-refractivity contribution in [3.63, 3.8) is 0 Å². The van der Waals surface area contributed by atoms with Gasteiger partial charge in [-0.25, -0.2) is 4.68 Å².